The van der Waals surface area contributed by atoms with Crippen LogP contribution in [0.15, 0.2) is 0 Å². The number of rotatable bonds is 5. The van der Waals surface area contributed by atoms with E-state index in [-0.39, 0.29) is 0 Å². The van der Waals surface area contributed by atoms with E-state index in [9.17, 15) is 8.42 Å². The van der Waals surface area contributed by atoms with Crippen LogP contribution in [0.3, 0.4) is 0 Å². The third-order valence-electron chi connectivity index (χ3n) is 3.08. The number of sulfone groups is 1. The zero-order valence-corrected chi connectivity index (χ0v) is 10.7. The molecule has 1 saturated heterocycles. The minimum Gasteiger partial charge on any atom is -0.302 e. The van der Waals surface area contributed by atoms with Crippen molar-refractivity contribution >= 4 is 9.84 Å². The molecule has 0 bridgehead atoms. The molecule has 0 amide bonds. The molecule has 0 aromatic carbocycles. The quantitative estimate of drug-likeness (QED) is 0.723. The monoisotopic (exact) mass is 233 g/mol. The zero-order valence-electron chi connectivity index (χ0n) is 9.91. The Bertz CT molecular complexity index is 272. The molecule has 0 radical (unpaired) electrons. The van der Waals surface area contributed by atoms with Gasteiger partial charge in [-0.3, -0.25) is 0 Å². The van der Waals surface area contributed by atoms with E-state index in [2.05, 4.69) is 11.8 Å². The molecular formula is C11H23NO2S. The predicted octanol–water partition coefficient (Wildman–Crippen LogP) is 1.54. The summed E-state index contributed by atoms with van der Waals surface area (Å²) in [5.41, 5.74) is 0. The van der Waals surface area contributed by atoms with E-state index >= 15 is 0 Å². The highest BCUT2D eigenvalue weighted by atomic mass is 32.2. The first-order valence-corrected chi connectivity index (χ1v) is 7.97. The summed E-state index contributed by atoms with van der Waals surface area (Å²) in [6.45, 7) is 5.12. The van der Waals surface area contributed by atoms with E-state index in [1.54, 1.807) is 0 Å². The van der Waals surface area contributed by atoms with Gasteiger partial charge in [-0.1, -0.05) is 13.3 Å². The lowest BCUT2D eigenvalue weighted by Crippen LogP contribution is -2.38. The molecule has 15 heavy (non-hydrogen) atoms. The topological polar surface area (TPSA) is 37.4 Å². The van der Waals surface area contributed by atoms with Gasteiger partial charge in [0.2, 0.25) is 0 Å². The van der Waals surface area contributed by atoms with Crippen LogP contribution < -0.4 is 0 Å². The predicted molar refractivity (Wildman–Crippen MR) is 63.8 cm³/mol. The molecule has 0 aromatic rings. The van der Waals surface area contributed by atoms with Gasteiger partial charge in [0.1, 0.15) is 9.84 Å². The molecular weight excluding hydrogens is 210 g/mol. The average Bonchev–Trinajstić information content (AvgIpc) is 2.15. The van der Waals surface area contributed by atoms with Gasteiger partial charge in [-0.25, -0.2) is 8.42 Å². The lowest BCUT2D eigenvalue weighted by Gasteiger charge is -2.32. The molecule has 1 aliphatic heterocycles. The average molecular weight is 233 g/mol. The van der Waals surface area contributed by atoms with Crippen LogP contribution in [0.1, 0.15) is 32.6 Å². The van der Waals surface area contributed by atoms with Gasteiger partial charge in [0, 0.05) is 19.3 Å². The Labute approximate surface area is 93.8 Å². The van der Waals surface area contributed by atoms with Gasteiger partial charge in [0.25, 0.3) is 0 Å². The third-order valence-corrected chi connectivity index (χ3v) is 4.00. The zero-order chi connectivity index (χ0) is 11.3. The molecule has 1 heterocycles. The third kappa shape index (κ3) is 5.52. The Balaban J connectivity index is 2.30. The van der Waals surface area contributed by atoms with Crippen LogP contribution in [0.25, 0.3) is 0 Å². The summed E-state index contributed by atoms with van der Waals surface area (Å²) in [6.07, 6.45) is 6.40. The van der Waals surface area contributed by atoms with Crippen molar-refractivity contribution in [2.45, 2.75) is 32.6 Å². The molecule has 1 rings (SSSR count). The van der Waals surface area contributed by atoms with Crippen molar-refractivity contribution in [1.82, 2.24) is 4.90 Å². The molecule has 0 saturated carbocycles. The number of hydrogen-bond acceptors (Lipinski definition) is 3. The first-order valence-electron chi connectivity index (χ1n) is 5.91. The fourth-order valence-corrected chi connectivity index (χ4v) is 2.88. The minimum absolute atomic E-state index is 0.311. The Morgan fingerprint density at radius 1 is 1.40 bits per heavy atom. The Kier molecular flexibility index (Phi) is 5.06. The molecule has 0 aromatic heterocycles. The van der Waals surface area contributed by atoms with E-state index in [0.29, 0.717) is 5.75 Å². The van der Waals surface area contributed by atoms with Gasteiger partial charge in [0.15, 0.2) is 0 Å². The second-order valence-electron chi connectivity index (χ2n) is 4.73. The second kappa shape index (κ2) is 5.85. The van der Waals surface area contributed by atoms with E-state index in [1.165, 1.54) is 31.9 Å². The van der Waals surface area contributed by atoms with E-state index < -0.39 is 9.84 Å². The number of piperidine rings is 1. The molecule has 1 atom stereocenters. The molecule has 4 heteroatoms. The standard InChI is InChI=1S/C11H23NO2S/c1-3-5-11-6-4-7-12(10-11)8-9-15(2,13)14/h11H,3-10H2,1-2H3. The number of hydrogen-bond donors (Lipinski definition) is 0. The number of likely N-dealkylation sites (tertiary alicyclic amines) is 1. The highest BCUT2D eigenvalue weighted by Gasteiger charge is 2.19. The second-order valence-corrected chi connectivity index (χ2v) is 6.99. The van der Waals surface area contributed by atoms with Gasteiger partial charge in [0.05, 0.1) is 5.75 Å². The van der Waals surface area contributed by atoms with Gasteiger partial charge >= 0.3 is 0 Å². The normalized spacial score (nSPS) is 24.3. The first-order chi connectivity index (χ1) is 7.01. The summed E-state index contributed by atoms with van der Waals surface area (Å²) in [7, 11) is -2.79. The van der Waals surface area contributed by atoms with Crippen molar-refractivity contribution < 1.29 is 8.42 Å². The summed E-state index contributed by atoms with van der Waals surface area (Å²) in [4.78, 5) is 2.31. The Hall–Kier alpha value is -0.0900. The maximum absolute atomic E-state index is 11.1. The smallest absolute Gasteiger partial charge is 0.148 e. The number of nitrogens with zero attached hydrogens (tertiary/aromatic N) is 1. The SMILES string of the molecule is CCCC1CCCN(CCS(C)(=O)=O)C1. The summed E-state index contributed by atoms with van der Waals surface area (Å²) >= 11 is 0. The van der Waals surface area contributed by atoms with Crippen molar-refractivity contribution in [2.24, 2.45) is 5.92 Å². The molecule has 90 valence electrons. The molecule has 0 spiro atoms. The maximum atomic E-state index is 11.1. The summed E-state index contributed by atoms with van der Waals surface area (Å²) in [5.74, 6) is 1.11. The molecule has 0 N–H and O–H groups in total. The van der Waals surface area contributed by atoms with Gasteiger partial charge < -0.3 is 4.90 Å². The van der Waals surface area contributed by atoms with Crippen LogP contribution in [0.5, 0.6) is 0 Å². The van der Waals surface area contributed by atoms with Crippen molar-refractivity contribution in [1.29, 1.82) is 0 Å². The largest absolute Gasteiger partial charge is 0.302 e. The fraction of sp³-hybridized carbons (Fsp3) is 1.00. The molecule has 1 fully saturated rings. The van der Waals surface area contributed by atoms with Crippen LogP contribution in [-0.4, -0.2) is 45.0 Å². The van der Waals surface area contributed by atoms with Crippen LogP contribution in [0.4, 0.5) is 0 Å². The van der Waals surface area contributed by atoms with Gasteiger partial charge in [-0.2, -0.15) is 0 Å². The van der Waals surface area contributed by atoms with Gasteiger partial charge in [-0.05, 0) is 31.7 Å². The lowest BCUT2D eigenvalue weighted by atomic mass is 9.94. The van der Waals surface area contributed by atoms with Crippen molar-refractivity contribution in [3.05, 3.63) is 0 Å². The van der Waals surface area contributed by atoms with Crippen molar-refractivity contribution in [2.75, 3.05) is 31.6 Å². The summed E-state index contributed by atoms with van der Waals surface area (Å²) in [5, 5.41) is 0. The molecule has 1 unspecified atom stereocenters. The van der Waals surface area contributed by atoms with E-state index in [1.807, 2.05) is 0 Å². The van der Waals surface area contributed by atoms with Crippen LogP contribution in [-0.2, 0) is 9.84 Å². The van der Waals surface area contributed by atoms with Crippen LogP contribution in [0, 0.1) is 5.92 Å². The molecule has 3 nitrogen and oxygen atoms in total. The highest BCUT2D eigenvalue weighted by Crippen LogP contribution is 2.20. The fourth-order valence-electron chi connectivity index (χ4n) is 2.29. The van der Waals surface area contributed by atoms with E-state index in [0.717, 1.165) is 25.6 Å². The summed E-state index contributed by atoms with van der Waals surface area (Å²) < 4.78 is 22.1. The summed E-state index contributed by atoms with van der Waals surface area (Å²) in [6, 6.07) is 0. The highest BCUT2D eigenvalue weighted by molar-refractivity contribution is 7.90. The van der Waals surface area contributed by atoms with Crippen LogP contribution >= 0.6 is 0 Å². The maximum Gasteiger partial charge on any atom is 0.148 e. The first kappa shape index (κ1) is 13.0. The minimum atomic E-state index is -2.79. The lowest BCUT2D eigenvalue weighted by molar-refractivity contribution is 0.176. The Morgan fingerprint density at radius 2 is 2.13 bits per heavy atom. The molecule has 0 aliphatic carbocycles. The van der Waals surface area contributed by atoms with Gasteiger partial charge in [-0.15, -0.1) is 0 Å². The van der Waals surface area contributed by atoms with Crippen molar-refractivity contribution in [3.8, 4) is 0 Å². The van der Waals surface area contributed by atoms with E-state index in [4.69, 9.17) is 0 Å². The van der Waals surface area contributed by atoms with Crippen LogP contribution in [0.2, 0.25) is 0 Å². The van der Waals surface area contributed by atoms with Crippen molar-refractivity contribution in [3.63, 3.8) is 0 Å². The molecule has 1 aliphatic rings. The Morgan fingerprint density at radius 3 is 2.73 bits per heavy atom.